The molecule has 0 aliphatic heterocycles. The number of aromatic nitrogens is 1. The maximum Gasteiger partial charge on any atom is 0.322 e. The molecule has 0 saturated carbocycles. The van der Waals surface area contributed by atoms with Crippen LogP contribution >= 0.6 is 22.9 Å². The second-order valence-electron chi connectivity index (χ2n) is 6.16. The first-order valence-electron chi connectivity index (χ1n) is 8.27. The number of nitrogens with one attached hydrogen (secondary N) is 1. The van der Waals surface area contributed by atoms with Crippen molar-refractivity contribution in [3.05, 3.63) is 59.8 Å². The van der Waals surface area contributed by atoms with E-state index in [-0.39, 0.29) is 19.0 Å². The average Bonchev–Trinajstić information content (AvgIpc) is 3.25. The molecule has 0 spiro atoms. The minimum absolute atomic E-state index is 0.0679. The number of benzene rings is 2. The van der Waals surface area contributed by atoms with Crippen molar-refractivity contribution in [2.24, 2.45) is 0 Å². The molecule has 0 aliphatic rings. The molecule has 136 valence electrons. The maximum absolute atomic E-state index is 12.0. The molecular weight excluding hydrogens is 384 g/mol. The zero-order chi connectivity index (χ0) is 19.0. The zero-order valence-corrected chi connectivity index (χ0v) is 15.7. The highest BCUT2D eigenvalue weighted by molar-refractivity contribution is 7.22. The van der Waals surface area contributed by atoms with Gasteiger partial charge in [-0.05, 0) is 40.6 Å². The Morgan fingerprint density at radius 1 is 1.11 bits per heavy atom. The molecule has 0 atom stereocenters. The van der Waals surface area contributed by atoms with Gasteiger partial charge in [0.15, 0.2) is 0 Å². The van der Waals surface area contributed by atoms with E-state index in [9.17, 15) is 9.59 Å². The molecule has 0 saturated heterocycles. The second-order valence-corrected chi connectivity index (χ2v) is 7.62. The van der Waals surface area contributed by atoms with Crippen LogP contribution in [0.1, 0.15) is 0 Å². The van der Waals surface area contributed by atoms with Gasteiger partial charge in [0.25, 0.3) is 0 Å². The van der Waals surface area contributed by atoms with E-state index in [1.54, 1.807) is 11.3 Å². The zero-order valence-electron chi connectivity index (χ0n) is 14.1. The quantitative estimate of drug-likeness (QED) is 0.524. The van der Waals surface area contributed by atoms with Crippen molar-refractivity contribution in [1.29, 1.82) is 0 Å². The lowest BCUT2D eigenvalue weighted by molar-refractivity contribution is -0.138. The number of thiophene rings is 1. The Morgan fingerprint density at radius 2 is 1.96 bits per heavy atom. The summed E-state index contributed by atoms with van der Waals surface area (Å²) < 4.78 is 2.87. The normalized spacial score (nSPS) is 11.1. The molecule has 0 bridgehead atoms. The third-order valence-corrected chi connectivity index (χ3v) is 5.97. The van der Waals surface area contributed by atoms with E-state index >= 15 is 0 Å². The fourth-order valence-corrected chi connectivity index (χ4v) is 4.39. The summed E-state index contributed by atoms with van der Waals surface area (Å²) in [6.07, 6.45) is 1.83. The Labute approximate surface area is 163 Å². The lowest BCUT2D eigenvalue weighted by atomic mass is 10.1. The van der Waals surface area contributed by atoms with Gasteiger partial charge in [0.1, 0.15) is 13.1 Å². The fourth-order valence-electron chi connectivity index (χ4n) is 3.03. The highest BCUT2D eigenvalue weighted by Gasteiger charge is 2.11. The van der Waals surface area contributed by atoms with Crippen molar-refractivity contribution < 1.29 is 14.7 Å². The average molecular weight is 399 g/mol. The summed E-state index contributed by atoms with van der Waals surface area (Å²) in [5, 5.41) is 13.9. The molecule has 2 aromatic heterocycles. The van der Waals surface area contributed by atoms with Crippen LogP contribution in [0.15, 0.2) is 54.7 Å². The molecule has 0 radical (unpaired) electrons. The maximum atomic E-state index is 12.0. The molecule has 27 heavy (non-hydrogen) atoms. The van der Waals surface area contributed by atoms with Crippen LogP contribution < -0.4 is 5.32 Å². The van der Waals surface area contributed by atoms with E-state index in [0.717, 1.165) is 36.5 Å². The third kappa shape index (κ3) is 3.54. The Hall–Kier alpha value is -2.83. The number of nitrogens with zero attached hydrogens (tertiary/aromatic N) is 1. The van der Waals surface area contributed by atoms with Gasteiger partial charge in [-0.25, -0.2) is 0 Å². The van der Waals surface area contributed by atoms with Crippen LogP contribution in [0, 0.1) is 0 Å². The molecule has 0 aliphatic carbocycles. The van der Waals surface area contributed by atoms with Gasteiger partial charge < -0.3 is 15.0 Å². The van der Waals surface area contributed by atoms with Gasteiger partial charge in [-0.2, -0.15) is 0 Å². The van der Waals surface area contributed by atoms with Crippen molar-refractivity contribution in [2.75, 3.05) is 6.54 Å². The number of carboxylic acids is 1. The number of hydrogen-bond donors (Lipinski definition) is 2. The summed E-state index contributed by atoms with van der Waals surface area (Å²) in [7, 11) is 0. The van der Waals surface area contributed by atoms with Crippen LogP contribution in [0.2, 0.25) is 5.02 Å². The summed E-state index contributed by atoms with van der Waals surface area (Å²) in [5.74, 6) is -1.40. The van der Waals surface area contributed by atoms with Gasteiger partial charge in [-0.3, -0.25) is 9.59 Å². The number of halogens is 1. The van der Waals surface area contributed by atoms with E-state index in [4.69, 9.17) is 16.7 Å². The van der Waals surface area contributed by atoms with E-state index in [2.05, 4.69) is 17.4 Å². The number of carboxylic acid groups (broad SMARTS) is 1. The van der Waals surface area contributed by atoms with E-state index in [1.165, 1.54) is 0 Å². The van der Waals surface area contributed by atoms with Crippen LogP contribution in [-0.4, -0.2) is 28.1 Å². The van der Waals surface area contributed by atoms with Gasteiger partial charge in [0.2, 0.25) is 5.91 Å². The summed E-state index contributed by atoms with van der Waals surface area (Å²) in [6, 6.07) is 16.0. The van der Waals surface area contributed by atoms with Gasteiger partial charge >= 0.3 is 5.97 Å². The Morgan fingerprint density at radius 3 is 2.74 bits per heavy atom. The molecule has 7 heteroatoms. The predicted octanol–water partition coefficient (Wildman–Crippen LogP) is 4.38. The highest BCUT2D eigenvalue weighted by atomic mass is 35.5. The van der Waals surface area contributed by atoms with Gasteiger partial charge in [0, 0.05) is 16.6 Å². The monoisotopic (exact) mass is 398 g/mol. The molecule has 2 N–H and O–H groups in total. The van der Waals surface area contributed by atoms with Crippen molar-refractivity contribution >= 4 is 55.8 Å². The smallest absolute Gasteiger partial charge is 0.322 e. The van der Waals surface area contributed by atoms with Crippen molar-refractivity contribution in [3.63, 3.8) is 0 Å². The summed E-state index contributed by atoms with van der Waals surface area (Å²) >= 11 is 7.92. The van der Waals surface area contributed by atoms with Crippen molar-refractivity contribution in [3.8, 4) is 10.4 Å². The SMILES string of the molecule is O=C(O)CNC(=O)Cn1ccc2ccc(-c3cc4cccc(Cl)c4s3)cc21. The number of carbonyl (C=O) groups is 2. The molecule has 5 nitrogen and oxygen atoms in total. The summed E-state index contributed by atoms with van der Waals surface area (Å²) in [5.41, 5.74) is 1.96. The number of hydrogen-bond acceptors (Lipinski definition) is 3. The fraction of sp³-hybridized carbons (Fsp3) is 0.100. The van der Waals surface area contributed by atoms with Crippen LogP contribution in [0.3, 0.4) is 0 Å². The van der Waals surface area contributed by atoms with Crippen LogP contribution in [0.4, 0.5) is 0 Å². The predicted molar refractivity (Wildman–Crippen MR) is 108 cm³/mol. The topological polar surface area (TPSA) is 71.3 Å². The minimum Gasteiger partial charge on any atom is -0.480 e. The Balaban J connectivity index is 1.67. The van der Waals surface area contributed by atoms with Crippen LogP contribution in [0.25, 0.3) is 31.4 Å². The summed E-state index contributed by atoms with van der Waals surface area (Å²) in [4.78, 5) is 23.6. The number of amides is 1. The molecular formula is C20H15ClN2O3S. The van der Waals surface area contributed by atoms with Crippen LogP contribution in [-0.2, 0) is 16.1 Å². The number of carbonyl (C=O) groups excluding carboxylic acids is 1. The first kappa shape index (κ1) is 17.6. The summed E-state index contributed by atoms with van der Waals surface area (Å²) in [6.45, 7) is -0.315. The second kappa shape index (κ2) is 7.06. The molecule has 4 rings (SSSR count). The van der Waals surface area contributed by atoms with Gasteiger partial charge in [-0.1, -0.05) is 35.9 Å². The van der Waals surface area contributed by atoms with Gasteiger partial charge in [-0.15, -0.1) is 11.3 Å². The van der Waals surface area contributed by atoms with Crippen molar-refractivity contribution in [2.45, 2.75) is 6.54 Å². The first-order chi connectivity index (χ1) is 13.0. The number of rotatable bonds is 5. The molecule has 0 unspecified atom stereocenters. The molecule has 4 aromatic rings. The molecule has 2 heterocycles. The Bertz CT molecular complexity index is 1180. The Kier molecular flexibility index (Phi) is 4.59. The van der Waals surface area contributed by atoms with Crippen molar-refractivity contribution in [1.82, 2.24) is 9.88 Å². The molecule has 2 aromatic carbocycles. The highest BCUT2D eigenvalue weighted by Crippen LogP contribution is 2.38. The largest absolute Gasteiger partial charge is 0.480 e. The van der Waals surface area contributed by atoms with Crippen LogP contribution in [0.5, 0.6) is 0 Å². The standard InChI is InChI=1S/C20H15ClN2O3S/c21-15-3-1-2-14-9-17(27-20(14)15)13-5-4-12-6-7-23(16(12)8-13)11-18(24)22-10-19(25)26/h1-9H,10-11H2,(H,22,24)(H,25,26). The third-order valence-electron chi connectivity index (χ3n) is 4.31. The molecule has 0 fully saturated rings. The molecule has 1 amide bonds. The number of aliphatic carboxylic acids is 1. The van der Waals surface area contributed by atoms with Gasteiger partial charge in [0.05, 0.1) is 9.72 Å². The number of fused-ring (bicyclic) bond motifs is 2. The lowest BCUT2D eigenvalue weighted by Gasteiger charge is -2.07. The minimum atomic E-state index is -1.06. The van der Waals surface area contributed by atoms with E-state index < -0.39 is 5.97 Å². The van der Waals surface area contributed by atoms with E-state index in [0.29, 0.717) is 0 Å². The van der Waals surface area contributed by atoms with E-state index in [1.807, 2.05) is 47.2 Å². The lowest BCUT2D eigenvalue weighted by Crippen LogP contribution is -2.31. The first-order valence-corrected chi connectivity index (χ1v) is 9.46.